The molecule has 1 fully saturated rings. The van der Waals surface area contributed by atoms with Crippen molar-refractivity contribution in [3.8, 4) is 0 Å². The number of benzene rings is 1. The Morgan fingerprint density at radius 1 is 1.53 bits per heavy atom. The van der Waals surface area contributed by atoms with Crippen LogP contribution in [0.25, 0.3) is 0 Å². The molecule has 5 nitrogen and oxygen atoms in total. The van der Waals surface area contributed by atoms with Crippen molar-refractivity contribution < 1.29 is 9.66 Å². The van der Waals surface area contributed by atoms with Gasteiger partial charge in [0.2, 0.25) is 0 Å². The van der Waals surface area contributed by atoms with Crippen molar-refractivity contribution in [2.75, 3.05) is 11.9 Å². The molecule has 2 unspecified atom stereocenters. The zero-order valence-electron chi connectivity index (χ0n) is 9.97. The molecule has 1 aliphatic heterocycles. The van der Waals surface area contributed by atoms with Gasteiger partial charge >= 0.3 is 0 Å². The number of hydrogen-bond donors (Lipinski definition) is 1. The van der Waals surface area contributed by atoms with Gasteiger partial charge in [-0.25, -0.2) is 0 Å². The van der Waals surface area contributed by atoms with E-state index in [1.165, 1.54) is 6.07 Å². The third kappa shape index (κ3) is 2.39. The van der Waals surface area contributed by atoms with Crippen molar-refractivity contribution in [3.63, 3.8) is 0 Å². The van der Waals surface area contributed by atoms with E-state index in [-0.39, 0.29) is 22.8 Å². The minimum absolute atomic E-state index is 0.0919. The van der Waals surface area contributed by atoms with Crippen LogP contribution in [0.3, 0.4) is 0 Å². The van der Waals surface area contributed by atoms with Crippen LogP contribution in [0.4, 0.5) is 11.4 Å². The third-order valence-corrected chi connectivity index (χ3v) is 3.15. The first-order valence-electron chi connectivity index (χ1n) is 5.71. The molecule has 0 radical (unpaired) electrons. The van der Waals surface area contributed by atoms with E-state index >= 15 is 0 Å². The second-order valence-corrected chi connectivity index (χ2v) is 4.34. The number of nitro benzene ring substituents is 1. The Kier molecular flexibility index (Phi) is 3.28. The summed E-state index contributed by atoms with van der Waals surface area (Å²) in [5, 5.41) is 14.2. The van der Waals surface area contributed by atoms with Gasteiger partial charge in [-0.2, -0.15) is 0 Å². The maximum Gasteiger partial charge on any atom is 0.292 e. The lowest BCUT2D eigenvalue weighted by Crippen LogP contribution is -2.27. The Hall–Kier alpha value is -1.62. The molecule has 2 atom stereocenters. The van der Waals surface area contributed by atoms with Crippen LogP contribution in [0.1, 0.15) is 18.9 Å². The second kappa shape index (κ2) is 4.71. The lowest BCUT2D eigenvalue weighted by Gasteiger charge is -2.18. The number of nitrogens with zero attached hydrogens (tertiary/aromatic N) is 1. The SMILES string of the molecule is Cc1cccc([N+](=O)[O-])c1NC1CCOC1C. The summed E-state index contributed by atoms with van der Waals surface area (Å²) in [7, 11) is 0. The van der Waals surface area contributed by atoms with Crippen LogP contribution in [-0.4, -0.2) is 23.7 Å². The summed E-state index contributed by atoms with van der Waals surface area (Å²) in [5.41, 5.74) is 1.63. The molecule has 2 rings (SSSR count). The van der Waals surface area contributed by atoms with Crippen LogP contribution >= 0.6 is 0 Å². The molecule has 0 aliphatic carbocycles. The summed E-state index contributed by atoms with van der Waals surface area (Å²) in [6.45, 7) is 4.56. The van der Waals surface area contributed by atoms with Crippen molar-refractivity contribution in [3.05, 3.63) is 33.9 Å². The van der Waals surface area contributed by atoms with Crippen LogP contribution in [0.15, 0.2) is 18.2 Å². The third-order valence-electron chi connectivity index (χ3n) is 3.15. The summed E-state index contributed by atoms with van der Waals surface area (Å²) < 4.78 is 5.45. The van der Waals surface area contributed by atoms with Gasteiger partial charge in [-0.15, -0.1) is 0 Å². The molecular weight excluding hydrogens is 220 g/mol. The predicted molar refractivity (Wildman–Crippen MR) is 65.3 cm³/mol. The molecule has 1 aliphatic rings. The standard InChI is InChI=1S/C12H16N2O3/c1-8-4-3-5-11(14(15)16)12(8)13-10-6-7-17-9(10)2/h3-5,9-10,13H,6-7H2,1-2H3. The highest BCUT2D eigenvalue weighted by Crippen LogP contribution is 2.30. The number of nitro groups is 1. The second-order valence-electron chi connectivity index (χ2n) is 4.34. The predicted octanol–water partition coefficient (Wildman–Crippen LogP) is 2.49. The van der Waals surface area contributed by atoms with Crippen LogP contribution in [0, 0.1) is 17.0 Å². The fraction of sp³-hybridized carbons (Fsp3) is 0.500. The lowest BCUT2D eigenvalue weighted by molar-refractivity contribution is -0.384. The smallest absolute Gasteiger partial charge is 0.292 e. The topological polar surface area (TPSA) is 64.4 Å². The molecule has 1 aromatic rings. The van der Waals surface area contributed by atoms with Crippen molar-refractivity contribution in [2.24, 2.45) is 0 Å². The van der Waals surface area contributed by atoms with E-state index in [0.29, 0.717) is 12.3 Å². The van der Waals surface area contributed by atoms with Gasteiger partial charge in [0.05, 0.1) is 17.1 Å². The van der Waals surface area contributed by atoms with Crippen molar-refractivity contribution in [2.45, 2.75) is 32.4 Å². The van der Waals surface area contributed by atoms with Gasteiger partial charge in [0.1, 0.15) is 5.69 Å². The molecule has 0 saturated carbocycles. The minimum atomic E-state index is -0.351. The van der Waals surface area contributed by atoms with Gasteiger partial charge in [0.15, 0.2) is 0 Å². The molecule has 0 bridgehead atoms. The highest BCUT2D eigenvalue weighted by molar-refractivity contribution is 5.66. The minimum Gasteiger partial charge on any atom is -0.376 e. The van der Waals surface area contributed by atoms with Gasteiger partial charge in [-0.3, -0.25) is 10.1 Å². The number of hydrogen-bond acceptors (Lipinski definition) is 4. The highest BCUT2D eigenvalue weighted by Gasteiger charge is 2.27. The lowest BCUT2D eigenvalue weighted by atomic mass is 10.1. The molecule has 1 heterocycles. The van der Waals surface area contributed by atoms with Gasteiger partial charge in [0, 0.05) is 12.7 Å². The molecule has 0 amide bonds. The van der Waals surface area contributed by atoms with Crippen molar-refractivity contribution in [1.82, 2.24) is 0 Å². The Labute approximate surface area is 99.9 Å². The van der Waals surface area contributed by atoms with Crippen LogP contribution in [0.5, 0.6) is 0 Å². The summed E-state index contributed by atoms with van der Waals surface area (Å²) in [6.07, 6.45) is 0.973. The van der Waals surface area contributed by atoms with Crippen molar-refractivity contribution >= 4 is 11.4 Å². The Balaban J connectivity index is 2.27. The molecule has 17 heavy (non-hydrogen) atoms. The van der Waals surface area contributed by atoms with Crippen LogP contribution < -0.4 is 5.32 Å². The Morgan fingerprint density at radius 2 is 2.29 bits per heavy atom. The Morgan fingerprint density at radius 3 is 2.88 bits per heavy atom. The van der Waals surface area contributed by atoms with Crippen LogP contribution in [-0.2, 0) is 4.74 Å². The highest BCUT2D eigenvalue weighted by atomic mass is 16.6. The summed E-state index contributed by atoms with van der Waals surface area (Å²) in [5.74, 6) is 0. The largest absolute Gasteiger partial charge is 0.376 e. The molecule has 92 valence electrons. The average Bonchev–Trinajstić information content (AvgIpc) is 2.67. The summed E-state index contributed by atoms with van der Waals surface area (Å²) in [4.78, 5) is 10.6. The first-order chi connectivity index (χ1) is 8.09. The van der Waals surface area contributed by atoms with E-state index in [0.717, 1.165) is 12.0 Å². The van der Waals surface area contributed by atoms with Gasteiger partial charge in [-0.1, -0.05) is 12.1 Å². The van der Waals surface area contributed by atoms with Gasteiger partial charge < -0.3 is 10.1 Å². The normalized spacial score (nSPS) is 23.6. The first-order valence-corrected chi connectivity index (χ1v) is 5.71. The Bertz CT molecular complexity index is 434. The molecule has 5 heteroatoms. The van der Waals surface area contributed by atoms with Gasteiger partial charge in [-0.05, 0) is 25.8 Å². The zero-order valence-corrected chi connectivity index (χ0v) is 9.97. The number of aryl methyl sites for hydroxylation is 1. The maximum atomic E-state index is 11.0. The molecule has 1 saturated heterocycles. The van der Waals surface area contributed by atoms with E-state index in [2.05, 4.69) is 5.32 Å². The molecule has 1 N–H and O–H groups in total. The average molecular weight is 236 g/mol. The number of ether oxygens (including phenoxy) is 1. The molecule has 0 spiro atoms. The van der Waals surface area contributed by atoms with E-state index in [9.17, 15) is 10.1 Å². The number of nitrogens with one attached hydrogen (secondary N) is 1. The van der Waals surface area contributed by atoms with E-state index in [4.69, 9.17) is 4.74 Å². The quantitative estimate of drug-likeness (QED) is 0.647. The van der Waals surface area contributed by atoms with Crippen molar-refractivity contribution in [1.29, 1.82) is 0 Å². The van der Waals surface area contributed by atoms with E-state index < -0.39 is 0 Å². The van der Waals surface area contributed by atoms with Crippen LogP contribution in [0.2, 0.25) is 0 Å². The van der Waals surface area contributed by atoms with E-state index in [1.807, 2.05) is 19.9 Å². The summed E-state index contributed by atoms with van der Waals surface area (Å²) in [6, 6.07) is 5.24. The number of para-hydroxylation sites is 1. The molecular formula is C12H16N2O3. The summed E-state index contributed by atoms with van der Waals surface area (Å²) >= 11 is 0. The fourth-order valence-electron chi connectivity index (χ4n) is 2.10. The first kappa shape index (κ1) is 11.9. The zero-order chi connectivity index (χ0) is 12.4. The van der Waals surface area contributed by atoms with E-state index in [1.54, 1.807) is 6.07 Å². The maximum absolute atomic E-state index is 11.0. The van der Waals surface area contributed by atoms with Gasteiger partial charge in [0.25, 0.3) is 5.69 Å². The number of anilines is 1. The number of rotatable bonds is 3. The monoisotopic (exact) mass is 236 g/mol. The fourth-order valence-corrected chi connectivity index (χ4v) is 2.10. The molecule has 1 aromatic carbocycles. The molecule has 0 aromatic heterocycles.